The van der Waals surface area contributed by atoms with Crippen LogP contribution in [0.1, 0.15) is 65.0 Å². The molecule has 1 saturated heterocycles. The Morgan fingerprint density at radius 1 is 1.27 bits per heavy atom. The first kappa shape index (κ1) is 21.5. The highest BCUT2D eigenvalue weighted by atomic mass is 127. The van der Waals surface area contributed by atoms with Crippen molar-refractivity contribution < 1.29 is 4.42 Å². The van der Waals surface area contributed by atoms with Crippen LogP contribution in [0.15, 0.2) is 15.6 Å². The van der Waals surface area contributed by atoms with Crippen molar-refractivity contribution in [1.29, 1.82) is 0 Å². The molecule has 1 aromatic heterocycles. The number of nitrogens with one attached hydrogen (secondary N) is 2. The second-order valence-corrected chi connectivity index (χ2v) is 8.25. The molecule has 1 aromatic rings. The van der Waals surface area contributed by atoms with E-state index >= 15 is 0 Å². The molecular formula is C19H34IN5O. The molecule has 0 radical (unpaired) electrons. The van der Waals surface area contributed by atoms with E-state index in [2.05, 4.69) is 53.2 Å². The number of likely N-dealkylation sites (tertiary alicyclic amines) is 1. The average Bonchev–Trinajstić information content (AvgIpc) is 3.30. The molecule has 0 bridgehead atoms. The van der Waals surface area contributed by atoms with E-state index in [1.54, 1.807) is 0 Å². The summed E-state index contributed by atoms with van der Waals surface area (Å²) in [4.78, 5) is 11.7. The Morgan fingerprint density at radius 2 is 1.96 bits per heavy atom. The van der Waals surface area contributed by atoms with Gasteiger partial charge in [-0.05, 0) is 32.6 Å². The molecule has 0 amide bonds. The molecule has 3 rings (SSSR count). The van der Waals surface area contributed by atoms with E-state index in [0.29, 0.717) is 18.5 Å². The minimum absolute atomic E-state index is 0. The lowest BCUT2D eigenvalue weighted by Gasteiger charge is -2.33. The van der Waals surface area contributed by atoms with Crippen LogP contribution in [-0.4, -0.2) is 47.6 Å². The second-order valence-electron chi connectivity index (χ2n) is 8.25. The van der Waals surface area contributed by atoms with Crippen LogP contribution in [-0.2, 0) is 12.0 Å². The molecule has 0 spiro atoms. The summed E-state index contributed by atoms with van der Waals surface area (Å²) in [7, 11) is 0. The van der Waals surface area contributed by atoms with Crippen LogP contribution in [0.3, 0.4) is 0 Å². The molecule has 148 valence electrons. The Bertz CT molecular complexity index is 583. The fourth-order valence-electron chi connectivity index (χ4n) is 3.24. The van der Waals surface area contributed by atoms with Gasteiger partial charge in [0.05, 0.1) is 6.20 Å². The maximum Gasteiger partial charge on any atom is 0.216 e. The molecule has 0 aromatic carbocycles. The summed E-state index contributed by atoms with van der Waals surface area (Å²) in [5, 5.41) is 6.93. The Kier molecular flexibility index (Phi) is 7.76. The lowest BCUT2D eigenvalue weighted by atomic mass is 9.94. The summed E-state index contributed by atoms with van der Waals surface area (Å²) in [6, 6.07) is 1.38. The first-order valence-electron chi connectivity index (χ1n) is 9.70. The number of guanidine groups is 1. The van der Waals surface area contributed by atoms with E-state index in [1.165, 1.54) is 38.8 Å². The zero-order chi connectivity index (χ0) is 17.9. The van der Waals surface area contributed by atoms with E-state index in [0.717, 1.165) is 24.3 Å². The largest absolute Gasteiger partial charge is 0.443 e. The molecule has 0 atom stereocenters. The number of rotatable bonds is 5. The van der Waals surface area contributed by atoms with Gasteiger partial charge in [-0.2, -0.15) is 0 Å². The molecule has 2 fully saturated rings. The van der Waals surface area contributed by atoms with Gasteiger partial charge in [-0.1, -0.05) is 20.8 Å². The second kappa shape index (κ2) is 9.39. The van der Waals surface area contributed by atoms with E-state index in [-0.39, 0.29) is 29.4 Å². The lowest BCUT2D eigenvalue weighted by molar-refractivity contribution is 0.197. The highest BCUT2D eigenvalue weighted by Crippen LogP contribution is 2.29. The number of aromatic nitrogens is 1. The van der Waals surface area contributed by atoms with Crippen LogP contribution < -0.4 is 10.6 Å². The highest BCUT2D eigenvalue weighted by Gasteiger charge is 2.31. The summed E-state index contributed by atoms with van der Waals surface area (Å²) < 4.78 is 5.83. The van der Waals surface area contributed by atoms with Crippen molar-refractivity contribution in [1.82, 2.24) is 20.5 Å². The highest BCUT2D eigenvalue weighted by molar-refractivity contribution is 14.0. The Morgan fingerprint density at radius 3 is 2.50 bits per heavy atom. The summed E-state index contributed by atoms with van der Waals surface area (Å²) in [6.45, 7) is 12.2. The maximum atomic E-state index is 5.83. The molecule has 0 unspecified atom stereocenters. The molecule has 2 N–H and O–H groups in total. The van der Waals surface area contributed by atoms with Gasteiger partial charge in [-0.3, -0.25) is 0 Å². The molecule has 2 aliphatic rings. The first-order chi connectivity index (χ1) is 12.0. The van der Waals surface area contributed by atoms with Crippen LogP contribution in [0.4, 0.5) is 0 Å². The fourth-order valence-corrected chi connectivity index (χ4v) is 3.24. The molecule has 2 heterocycles. The van der Waals surface area contributed by atoms with Crippen molar-refractivity contribution in [3.8, 4) is 0 Å². The quantitative estimate of drug-likeness (QED) is 0.389. The van der Waals surface area contributed by atoms with Gasteiger partial charge in [0, 0.05) is 37.1 Å². The van der Waals surface area contributed by atoms with Gasteiger partial charge in [-0.15, -0.1) is 24.0 Å². The van der Waals surface area contributed by atoms with Crippen molar-refractivity contribution in [2.45, 2.75) is 77.4 Å². The monoisotopic (exact) mass is 475 g/mol. The van der Waals surface area contributed by atoms with Crippen LogP contribution in [0.25, 0.3) is 0 Å². The van der Waals surface area contributed by atoms with Gasteiger partial charge in [0.25, 0.3) is 0 Å². The number of nitrogens with zero attached hydrogens (tertiary/aromatic N) is 3. The standard InChI is InChI=1S/C19H33N5O.HI/c1-5-20-18(22-13-17-21-12-16(25-17)19(2,3)4)23-14-8-10-24(11-9-14)15-6-7-15;/h12,14-15H,5-11,13H2,1-4H3,(H2,20,22,23);1H. The van der Waals surface area contributed by atoms with Crippen molar-refractivity contribution in [3.63, 3.8) is 0 Å². The third-order valence-corrected chi connectivity index (χ3v) is 4.94. The number of hydrogen-bond acceptors (Lipinski definition) is 4. The van der Waals surface area contributed by atoms with Crippen molar-refractivity contribution >= 4 is 29.9 Å². The predicted molar refractivity (Wildman–Crippen MR) is 116 cm³/mol. The topological polar surface area (TPSA) is 65.7 Å². The number of hydrogen-bond donors (Lipinski definition) is 2. The van der Waals surface area contributed by atoms with E-state index < -0.39 is 0 Å². The zero-order valence-corrected chi connectivity index (χ0v) is 18.9. The number of halogens is 1. The molecule has 7 heteroatoms. The molecule has 6 nitrogen and oxygen atoms in total. The van der Waals surface area contributed by atoms with Crippen LogP contribution in [0.2, 0.25) is 0 Å². The number of oxazole rings is 1. The van der Waals surface area contributed by atoms with Crippen molar-refractivity contribution in [3.05, 3.63) is 17.8 Å². The van der Waals surface area contributed by atoms with E-state index in [9.17, 15) is 0 Å². The Balaban J connectivity index is 0.00000243. The van der Waals surface area contributed by atoms with E-state index in [4.69, 9.17) is 4.42 Å². The Hall–Kier alpha value is -0.830. The Labute approximate surface area is 174 Å². The minimum atomic E-state index is -0.0206. The number of piperidine rings is 1. The normalized spacial score (nSPS) is 19.9. The van der Waals surface area contributed by atoms with Crippen molar-refractivity contribution in [2.75, 3.05) is 19.6 Å². The third kappa shape index (κ3) is 6.11. The van der Waals surface area contributed by atoms with Crippen LogP contribution in [0, 0.1) is 0 Å². The van der Waals surface area contributed by atoms with Gasteiger partial charge in [0.15, 0.2) is 5.96 Å². The third-order valence-electron chi connectivity index (χ3n) is 4.94. The maximum absolute atomic E-state index is 5.83. The smallest absolute Gasteiger partial charge is 0.216 e. The SMILES string of the molecule is CCNC(=NCc1ncc(C(C)(C)C)o1)NC1CCN(C2CC2)CC1.I. The summed E-state index contributed by atoms with van der Waals surface area (Å²) in [5.74, 6) is 2.44. The molecule has 1 aliphatic heterocycles. The first-order valence-corrected chi connectivity index (χ1v) is 9.70. The molecule has 1 aliphatic carbocycles. The van der Waals surface area contributed by atoms with Gasteiger partial charge in [0.2, 0.25) is 5.89 Å². The van der Waals surface area contributed by atoms with Crippen LogP contribution >= 0.6 is 24.0 Å². The average molecular weight is 475 g/mol. The molecule has 1 saturated carbocycles. The van der Waals surface area contributed by atoms with Gasteiger partial charge >= 0.3 is 0 Å². The molecule has 26 heavy (non-hydrogen) atoms. The fraction of sp³-hybridized carbons (Fsp3) is 0.789. The minimum Gasteiger partial charge on any atom is -0.443 e. The van der Waals surface area contributed by atoms with Crippen molar-refractivity contribution in [2.24, 2.45) is 4.99 Å². The van der Waals surface area contributed by atoms with E-state index in [1.807, 2.05) is 6.20 Å². The lowest BCUT2D eigenvalue weighted by Crippen LogP contribution is -2.49. The summed E-state index contributed by atoms with van der Waals surface area (Å²) in [6.07, 6.45) is 6.99. The zero-order valence-electron chi connectivity index (χ0n) is 16.5. The summed E-state index contributed by atoms with van der Waals surface area (Å²) in [5.41, 5.74) is -0.0206. The van der Waals surface area contributed by atoms with Gasteiger partial charge in [0.1, 0.15) is 12.3 Å². The molecular weight excluding hydrogens is 441 g/mol. The van der Waals surface area contributed by atoms with Crippen LogP contribution in [0.5, 0.6) is 0 Å². The number of aliphatic imine (C=N–C) groups is 1. The van der Waals surface area contributed by atoms with Gasteiger partial charge in [-0.25, -0.2) is 9.98 Å². The van der Waals surface area contributed by atoms with Gasteiger partial charge < -0.3 is 20.0 Å². The predicted octanol–water partition coefficient (Wildman–Crippen LogP) is 3.27. The summed E-state index contributed by atoms with van der Waals surface area (Å²) >= 11 is 0.